The van der Waals surface area contributed by atoms with Gasteiger partial charge in [0.05, 0.1) is 5.69 Å². The van der Waals surface area contributed by atoms with Gasteiger partial charge >= 0.3 is 0 Å². The SMILES string of the molecule is Cc1ccc(-c2[nH]c(C(C)(C)C)nc(=S)c2C)cc1F. The molecular formula is C16H19FN2S. The van der Waals surface area contributed by atoms with Gasteiger partial charge in [-0.3, -0.25) is 0 Å². The smallest absolute Gasteiger partial charge is 0.133 e. The molecule has 2 aromatic rings. The van der Waals surface area contributed by atoms with Gasteiger partial charge in [-0.05, 0) is 25.5 Å². The number of aryl methyl sites for hydroxylation is 1. The third kappa shape index (κ3) is 2.80. The summed E-state index contributed by atoms with van der Waals surface area (Å²) in [4.78, 5) is 7.75. The van der Waals surface area contributed by atoms with Gasteiger partial charge in [-0.1, -0.05) is 45.1 Å². The van der Waals surface area contributed by atoms with E-state index >= 15 is 0 Å². The molecule has 0 amide bonds. The Hall–Kier alpha value is -1.55. The number of H-pyrrole nitrogens is 1. The standard InChI is InChI=1S/C16H19FN2S/c1-9-6-7-11(8-12(9)17)13-10(2)14(20)19-15(18-13)16(3,4)5/h6-8H,1-5H3,(H,18,19,20). The largest absolute Gasteiger partial charge is 0.342 e. The lowest BCUT2D eigenvalue weighted by Gasteiger charge is -2.20. The fourth-order valence-corrected chi connectivity index (χ4v) is 2.12. The van der Waals surface area contributed by atoms with Gasteiger partial charge in [0, 0.05) is 16.5 Å². The number of aromatic amines is 1. The quantitative estimate of drug-likeness (QED) is 0.760. The zero-order chi connectivity index (χ0) is 15.1. The van der Waals surface area contributed by atoms with Gasteiger partial charge in [0.15, 0.2) is 0 Å². The molecular weight excluding hydrogens is 271 g/mol. The van der Waals surface area contributed by atoms with Crippen molar-refractivity contribution in [3.05, 3.63) is 45.6 Å². The lowest BCUT2D eigenvalue weighted by atomic mass is 9.95. The van der Waals surface area contributed by atoms with Crippen LogP contribution in [0, 0.1) is 24.3 Å². The van der Waals surface area contributed by atoms with Gasteiger partial charge in [-0.25, -0.2) is 9.37 Å². The van der Waals surface area contributed by atoms with Gasteiger partial charge in [-0.15, -0.1) is 0 Å². The fraction of sp³-hybridized carbons (Fsp3) is 0.375. The summed E-state index contributed by atoms with van der Waals surface area (Å²) < 4.78 is 14.3. The molecule has 0 aliphatic rings. The lowest BCUT2D eigenvalue weighted by molar-refractivity contribution is 0.544. The molecule has 0 unspecified atom stereocenters. The number of rotatable bonds is 1. The van der Waals surface area contributed by atoms with E-state index in [0.29, 0.717) is 10.2 Å². The summed E-state index contributed by atoms with van der Waals surface area (Å²) in [6.07, 6.45) is 0. The maximum absolute atomic E-state index is 13.8. The van der Waals surface area contributed by atoms with Crippen LogP contribution in [0.1, 0.15) is 37.7 Å². The molecule has 0 fully saturated rings. The second kappa shape index (κ2) is 5.09. The van der Waals surface area contributed by atoms with Crippen molar-refractivity contribution in [2.24, 2.45) is 0 Å². The summed E-state index contributed by atoms with van der Waals surface area (Å²) >= 11 is 5.33. The van der Waals surface area contributed by atoms with Crippen molar-refractivity contribution in [3.63, 3.8) is 0 Å². The molecule has 0 bridgehead atoms. The maximum atomic E-state index is 13.8. The third-order valence-electron chi connectivity index (χ3n) is 3.32. The van der Waals surface area contributed by atoms with Gasteiger partial charge in [0.1, 0.15) is 16.3 Å². The van der Waals surface area contributed by atoms with Crippen LogP contribution in [0.4, 0.5) is 4.39 Å². The number of hydrogen-bond donors (Lipinski definition) is 1. The average molecular weight is 290 g/mol. The first-order valence-corrected chi connectivity index (χ1v) is 6.99. The Kier molecular flexibility index (Phi) is 3.78. The number of hydrogen-bond acceptors (Lipinski definition) is 2. The molecule has 0 aliphatic heterocycles. The number of aromatic nitrogens is 2. The zero-order valence-corrected chi connectivity index (χ0v) is 13.3. The van der Waals surface area contributed by atoms with Crippen LogP contribution in [0.3, 0.4) is 0 Å². The predicted molar refractivity (Wildman–Crippen MR) is 83.0 cm³/mol. The molecule has 1 aromatic carbocycles. The Balaban J connectivity index is 2.70. The Morgan fingerprint density at radius 2 is 1.85 bits per heavy atom. The van der Waals surface area contributed by atoms with E-state index in [-0.39, 0.29) is 11.2 Å². The van der Waals surface area contributed by atoms with E-state index in [9.17, 15) is 4.39 Å². The highest BCUT2D eigenvalue weighted by Gasteiger charge is 2.19. The number of halogens is 1. The summed E-state index contributed by atoms with van der Waals surface area (Å²) in [5.41, 5.74) is 3.00. The molecule has 4 heteroatoms. The maximum Gasteiger partial charge on any atom is 0.133 e. The second-order valence-corrected chi connectivity index (χ2v) is 6.49. The minimum atomic E-state index is -0.213. The number of benzene rings is 1. The highest BCUT2D eigenvalue weighted by molar-refractivity contribution is 7.71. The fourth-order valence-electron chi connectivity index (χ4n) is 1.92. The van der Waals surface area contributed by atoms with Crippen molar-refractivity contribution in [1.82, 2.24) is 9.97 Å². The Morgan fingerprint density at radius 3 is 2.40 bits per heavy atom. The van der Waals surface area contributed by atoms with E-state index in [1.807, 2.05) is 13.0 Å². The second-order valence-electron chi connectivity index (χ2n) is 6.10. The van der Waals surface area contributed by atoms with Crippen molar-refractivity contribution >= 4 is 12.2 Å². The molecule has 20 heavy (non-hydrogen) atoms. The zero-order valence-electron chi connectivity index (χ0n) is 12.5. The lowest BCUT2D eigenvalue weighted by Crippen LogP contribution is -2.17. The van der Waals surface area contributed by atoms with E-state index in [1.54, 1.807) is 13.0 Å². The van der Waals surface area contributed by atoms with Crippen LogP contribution in [-0.2, 0) is 5.41 Å². The van der Waals surface area contributed by atoms with Crippen LogP contribution >= 0.6 is 12.2 Å². The van der Waals surface area contributed by atoms with E-state index in [2.05, 4.69) is 30.7 Å². The first-order valence-electron chi connectivity index (χ1n) is 6.58. The van der Waals surface area contributed by atoms with Crippen LogP contribution < -0.4 is 0 Å². The van der Waals surface area contributed by atoms with E-state index < -0.39 is 0 Å². The van der Waals surface area contributed by atoms with Crippen LogP contribution in [0.25, 0.3) is 11.3 Å². The molecule has 0 saturated heterocycles. The summed E-state index contributed by atoms with van der Waals surface area (Å²) in [6.45, 7) is 9.85. The van der Waals surface area contributed by atoms with Crippen LogP contribution in [-0.4, -0.2) is 9.97 Å². The Labute approximate surface area is 124 Å². The highest BCUT2D eigenvalue weighted by Crippen LogP contribution is 2.27. The van der Waals surface area contributed by atoms with Crippen molar-refractivity contribution in [3.8, 4) is 11.3 Å². The van der Waals surface area contributed by atoms with Crippen molar-refractivity contribution in [2.75, 3.05) is 0 Å². The highest BCUT2D eigenvalue weighted by atomic mass is 32.1. The summed E-state index contributed by atoms with van der Waals surface area (Å²) in [6, 6.07) is 5.21. The summed E-state index contributed by atoms with van der Waals surface area (Å²) in [5, 5.41) is 0. The first-order chi connectivity index (χ1) is 9.20. The predicted octanol–water partition coefficient (Wildman–Crippen LogP) is 4.86. The molecule has 2 nitrogen and oxygen atoms in total. The molecule has 1 heterocycles. The summed E-state index contributed by atoms with van der Waals surface area (Å²) in [5.74, 6) is 0.597. The van der Waals surface area contributed by atoms with Crippen LogP contribution in [0.5, 0.6) is 0 Å². The molecule has 0 radical (unpaired) electrons. The van der Waals surface area contributed by atoms with Crippen LogP contribution in [0.15, 0.2) is 18.2 Å². The summed E-state index contributed by atoms with van der Waals surface area (Å²) in [7, 11) is 0. The molecule has 0 aliphatic carbocycles. The number of nitrogens with one attached hydrogen (secondary N) is 1. The number of nitrogens with zero attached hydrogens (tertiary/aromatic N) is 1. The normalized spacial score (nSPS) is 11.7. The van der Waals surface area contributed by atoms with Crippen molar-refractivity contribution in [2.45, 2.75) is 40.0 Å². The van der Waals surface area contributed by atoms with Gasteiger partial charge < -0.3 is 4.98 Å². The first kappa shape index (κ1) is 14.9. The Morgan fingerprint density at radius 1 is 1.20 bits per heavy atom. The molecule has 2 rings (SSSR count). The molecule has 1 aromatic heterocycles. The van der Waals surface area contributed by atoms with Gasteiger partial charge in [-0.2, -0.15) is 0 Å². The minimum Gasteiger partial charge on any atom is -0.342 e. The Bertz CT molecular complexity index is 711. The molecule has 1 N–H and O–H groups in total. The minimum absolute atomic E-state index is 0.140. The van der Waals surface area contributed by atoms with E-state index in [4.69, 9.17) is 12.2 Å². The average Bonchev–Trinajstić information content (AvgIpc) is 2.34. The molecule has 106 valence electrons. The van der Waals surface area contributed by atoms with Gasteiger partial charge in [0.2, 0.25) is 0 Å². The van der Waals surface area contributed by atoms with Crippen molar-refractivity contribution in [1.29, 1.82) is 0 Å². The molecule has 0 spiro atoms. The topological polar surface area (TPSA) is 28.7 Å². The van der Waals surface area contributed by atoms with Crippen molar-refractivity contribution < 1.29 is 4.39 Å². The van der Waals surface area contributed by atoms with Crippen LogP contribution in [0.2, 0.25) is 0 Å². The van der Waals surface area contributed by atoms with Gasteiger partial charge in [0.25, 0.3) is 0 Å². The van der Waals surface area contributed by atoms with E-state index in [0.717, 1.165) is 22.6 Å². The third-order valence-corrected chi connectivity index (χ3v) is 3.72. The monoisotopic (exact) mass is 290 g/mol. The molecule has 0 saturated carbocycles. The van der Waals surface area contributed by atoms with E-state index in [1.165, 1.54) is 6.07 Å². The molecule has 0 atom stereocenters.